The summed E-state index contributed by atoms with van der Waals surface area (Å²) in [6, 6.07) is 9.59. The lowest BCUT2D eigenvalue weighted by Crippen LogP contribution is -2.14. The van der Waals surface area contributed by atoms with E-state index in [2.05, 4.69) is 15.1 Å². The minimum atomic E-state index is 0.551. The Hall–Kier alpha value is -2.80. The number of ether oxygens (including phenoxy) is 1. The number of rotatable bonds is 6. The fourth-order valence-corrected chi connectivity index (χ4v) is 2.41. The summed E-state index contributed by atoms with van der Waals surface area (Å²) in [4.78, 5) is 15.5. The molecule has 0 atom stereocenters. The molecule has 0 saturated heterocycles. The maximum atomic E-state index is 5.20. The Morgan fingerprint density at radius 1 is 1.08 bits per heavy atom. The number of hydrogen-bond acceptors (Lipinski definition) is 6. The van der Waals surface area contributed by atoms with E-state index in [1.807, 2.05) is 54.0 Å². The van der Waals surface area contributed by atoms with Gasteiger partial charge in [-0.3, -0.25) is 4.98 Å². The van der Waals surface area contributed by atoms with Gasteiger partial charge in [0, 0.05) is 33.6 Å². The third-order valence-electron chi connectivity index (χ3n) is 3.52. The van der Waals surface area contributed by atoms with Crippen molar-refractivity contribution in [2.75, 3.05) is 32.7 Å². The van der Waals surface area contributed by atoms with Crippen LogP contribution < -0.4 is 4.90 Å². The average molecular weight is 324 g/mol. The van der Waals surface area contributed by atoms with Gasteiger partial charge in [0.1, 0.15) is 11.5 Å². The highest BCUT2D eigenvalue weighted by Crippen LogP contribution is 2.28. The number of anilines is 1. The summed E-state index contributed by atoms with van der Waals surface area (Å²) >= 11 is 0. The third-order valence-corrected chi connectivity index (χ3v) is 3.52. The van der Waals surface area contributed by atoms with E-state index >= 15 is 0 Å². The summed E-state index contributed by atoms with van der Waals surface area (Å²) in [7, 11) is 5.59. The quantitative estimate of drug-likeness (QED) is 0.692. The van der Waals surface area contributed by atoms with Crippen molar-refractivity contribution in [3.05, 3.63) is 42.7 Å². The van der Waals surface area contributed by atoms with Crippen molar-refractivity contribution in [2.24, 2.45) is 0 Å². The van der Waals surface area contributed by atoms with Crippen molar-refractivity contribution in [1.29, 1.82) is 0 Å². The van der Waals surface area contributed by atoms with E-state index in [0.717, 1.165) is 22.9 Å². The summed E-state index contributed by atoms with van der Waals surface area (Å²) in [5.74, 6) is 2.19. The third kappa shape index (κ3) is 3.26. The summed E-state index contributed by atoms with van der Waals surface area (Å²) in [6.07, 6.45) is 3.51. The monoisotopic (exact) mass is 324 g/mol. The molecule has 3 heterocycles. The number of aromatic nitrogens is 5. The van der Waals surface area contributed by atoms with Crippen LogP contribution in [0, 0.1) is 0 Å². The molecule has 124 valence electrons. The fourth-order valence-electron chi connectivity index (χ4n) is 2.41. The van der Waals surface area contributed by atoms with Gasteiger partial charge in [0.25, 0.3) is 0 Å². The topological polar surface area (TPSA) is 69.0 Å². The Bertz CT molecular complexity index is 800. The molecule has 0 aliphatic heterocycles. The van der Waals surface area contributed by atoms with Gasteiger partial charge in [-0.15, -0.1) is 5.10 Å². The first-order valence-electron chi connectivity index (χ1n) is 7.68. The van der Waals surface area contributed by atoms with Gasteiger partial charge in [-0.25, -0.2) is 14.6 Å². The van der Waals surface area contributed by atoms with E-state index in [9.17, 15) is 0 Å². The molecule has 0 spiro atoms. The smallest absolute Gasteiger partial charge is 0.200 e. The van der Waals surface area contributed by atoms with Gasteiger partial charge in [-0.05, 0) is 24.3 Å². The molecule has 0 bridgehead atoms. The maximum absolute atomic E-state index is 5.20. The first-order chi connectivity index (χ1) is 11.7. The molecule has 7 heteroatoms. The first-order valence-corrected chi connectivity index (χ1v) is 7.68. The highest BCUT2D eigenvalue weighted by Gasteiger charge is 2.18. The van der Waals surface area contributed by atoms with Crippen LogP contribution in [0.4, 0.5) is 5.82 Å². The average Bonchev–Trinajstić information content (AvgIpc) is 3.04. The van der Waals surface area contributed by atoms with Crippen LogP contribution in [-0.2, 0) is 11.3 Å². The van der Waals surface area contributed by atoms with Gasteiger partial charge in [-0.1, -0.05) is 6.07 Å². The molecule has 0 N–H and O–H groups in total. The summed E-state index contributed by atoms with van der Waals surface area (Å²) < 4.78 is 7.04. The van der Waals surface area contributed by atoms with Crippen molar-refractivity contribution in [3.8, 4) is 22.9 Å². The van der Waals surface area contributed by atoms with E-state index < -0.39 is 0 Å². The molecule has 24 heavy (non-hydrogen) atoms. The minimum Gasteiger partial charge on any atom is -0.383 e. The molecular weight excluding hydrogens is 304 g/mol. The zero-order valence-electron chi connectivity index (χ0n) is 14.0. The van der Waals surface area contributed by atoms with Crippen molar-refractivity contribution in [1.82, 2.24) is 24.7 Å². The lowest BCUT2D eigenvalue weighted by atomic mass is 10.2. The zero-order valence-corrected chi connectivity index (χ0v) is 14.0. The van der Waals surface area contributed by atoms with Crippen LogP contribution in [-0.4, -0.2) is 52.5 Å². The van der Waals surface area contributed by atoms with Gasteiger partial charge in [0.2, 0.25) is 0 Å². The van der Waals surface area contributed by atoms with Crippen molar-refractivity contribution >= 4 is 5.82 Å². The van der Waals surface area contributed by atoms with E-state index in [1.54, 1.807) is 19.5 Å². The van der Waals surface area contributed by atoms with E-state index in [4.69, 9.17) is 9.72 Å². The summed E-state index contributed by atoms with van der Waals surface area (Å²) in [5.41, 5.74) is 1.67. The Labute approximate surface area is 141 Å². The Morgan fingerprint density at radius 3 is 2.62 bits per heavy atom. The first kappa shape index (κ1) is 16.1. The molecule has 0 radical (unpaired) electrons. The van der Waals surface area contributed by atoms with Crippen molar-refractivity contribution < 1.29 is 4.74 Å². The van der Waals surface area contributed by atoms with Crippen LogP contribution in [0.15, 0.2) is 42.7 Å². The molecule has 0 amide bonds. The van der Waals surface area contributed by atoms with Crippen LogP contribution in [0.25, 0.3) is 22.9 Å². The lowest BCUT2D eigenvalue weighted by molar-refractivity contribution is 0.184. The van der Waals surface area contributed by atoms with Crippen LogP contribution in [0.5, 0.6) is 0 Å². The fraction of sp³-hybridized carbons (Fsp3) is 0.294. The molecule has 0 unspecified atom stereocenters. The molecule has 0 aliphatic carbocycles. The normalized spacial score (nSPS) is 10.8. The molecule has 7 nitrogen and oxygen atoms in total. The van der Waals surface area contributed by atoms with Crippen LogP contribution in [0.1, 0.15) is 0 Å². The predicted octanol–water partition coefficient (Wildman–Crippen LogP) is 2.11. The molecule has 0 fully saturated rings. The highest BCUT2D eigenvalue weighted by atomic mass is 16.5. The molecule has 0 saturated carbocycles. The number of hydrogen-bond donors (Lipinski definition) is 0. The summed E-state index contributed by atoms with van der Waals surface area (Å²) in [6.45, 7) is 1.16. The second-order valence-electron chi connectivity index (χ2n) is 5.46. The van der Waals surface area contributed by atoms with Crippen LogP contribution >= 0.6 is 0 Å². The van der Waals surface area contributed by atoms with E-state index in [1.165, 1.54) is 0 Å². The predicted molar refractivity (Wildman–Crippen MR) is 92.7 cm³/mol. The molecule has 3 aromatic rings. The van der Waals surface area contributed by atoms with E-state index in [0.29, 0.717) is 19.0 Å². The van der Waals surface area contributed by atoms with Gasteiger partial charge in [-0.2, -0.15) is 0 Å². The molecule has 3 aromatic heterocycles. The molecule has 0 aromatic carbocycles. The standard InChI is InChI=1S/C17H20N6O/c1-22(2)16-13(7-6-10-19-16)17-20-15(14-8-4-5-9-18-14)21-23(17)11-12-24-3/h4-10H,11-12H2,1-3H3. The molecule has 3 rings (SSSR count). The number of nitrogens with zero attached hydrogens (tertiary/aromatic N) is 6. The largest absolute Gasteiger partial charge is 0.383 e. The summed E-state index contributed by atoms with van der Waals surface area (Å²) in [5, 5.41) is 4.61. The van der Waals surface area contributed by atoms with Gasteiger partial charge >= 0.3 is 0 Å². The van der Waals surface area contributed by atoms with Gasteiger partial charge in [0.15, 0.2) is 11.6 Å². The number of pyridine rings is 2. The van der Waals surface area contributed by atoms with Gasteiger partial charge in [0.05, 0.1) is 18.7 Å². The van der Waals surface area contributed by atoms with Crippen molar-refractivity contribution in [3.63, 3.8) is 0 Å². The van der Waals surface area contributed by atoms with Crippen molar-refractivity contribution in [2.45, 2.75) is 6.54 Å². The Balaban J connectivity index is 2.11. The maximum Gasteiger partial charge on any atom is 0.200 e. The Kier molecular flexibility index (Phi) is 4.81. The number of methoxy groups -OCH3 is 1. The minimum absolute atomic E-state index is 0.551. The SMILES string of the molecule is COCCn1nc(-c2ccccn2)nc1-c1cccnc1N(C)C. The van der Waals surface area contributed by atoms with Gasteiger partial charge < -0.3 is 9.64 Å². The second kappa shape index (κ2) is 7.18. The Morgan fingerprint density at radius 2 is 1.92 bits per heavy atom. The zero-order chi connectivity index (χ0) is 16.9. The lowest BCUT2D eigenvalue weighted by Gasteiger charge is -2.15. The van der Waals surface area contributed by atoms with Crippen LogP contribution in [0.3, 0.4) is 0 Å². The molecular formula is C17H20N6O. The highest BCUT2D eigenvalue weighted by molar-refractivity contribution is 5.71. The second-order valence-corrected chi connectivity index (χ2v) is 5.46. The van der Waals surface area contributed by atoms with Crippen LogP contribution in [0.2, 0.25) is 0 Å². The molecule has 0 aliphatic rings. The van der Waals surface area contributed by atoms with E-state index in [-0.39, 0.29) is 0 Å².